The number of benzene rings is 2. The highest BCUT2D eigenvalue weighted by Crippen LogP contribution is 2.08. The van der Waals surface area contributed by atoms with Gasteiger partial charge in [-0.05, 0) is 43.7 Å². The number of rotatable bonds is 9. The van der Waals surface area contributed by atoms with Gasteiger partial charge in [-0.25, -0.2) is 0 Å². The van der Waals surface area contributed by atoms with Crippen molar-refractivity contribution >= 4 is 12.1 Å². The monoisotopic (exact) mass is 340 g/mol. The van der Waals surface area contributed by atoms with Crippen molar-refractivity contribution in [3.8, 4) is 11.5 Å². The summed E-state index contributed by atoms with van der Waals surface area (Å²) in [6.45, 7) is 2.61. The molecule has 4 heteroatoms. The summed E-state index contributed by atoms with van der Waals surface area (Å²) >= 11 is 0. The minimum Gasteiger partial charge on any atom is -0.493 e. The van der Waals surface area contributed by atoms with Gasteiger partial charge < -0.3 is 14.3 Å². The van der Waals surface area contributed by atoms with Gasteiger partial charge in [0.1, 0.15) is 17.8 Å². The molecule has 0 atom stereocenters. The predicted molar refractivity (Wildman–Crippen MR) is 99.0 cm³/mol. The van der Waals surface area contributed by atoms with E-state index in [0.29, 0.717) is 19.6 Å². The van der Waals surface area contributed by atoms with E-state index in [4.69, 9.17) is 9.47 Å². The van der Waals surface area contributed by atoms with Crippen LogP contribution >= 0.6 is 0 Å². The Balaban J connectivity index is 0.000000257. The van der Waals surface area contributed by atoms with Crippen molar-refractivity contribution in [3.63, 3.8) is 0 Å². The molecule has 0 fully saturated rings. The number of aldehydes is 1. The molecular weight excluding hydrogens is 316 g/mol. The van der Waals surface area contributed by atoms with Crippen LogP contribution in [0, 0.1) is 0 Å². The first-order valence-electron chi connectivity index (χ1n) is 8.19. The third kappa shape index (κ3) is 11.3. The molecule has 2 aromatic carbocycles. The van der Waals surface area contributed by atoms with Crippen LogP contribution in [0.5, 0.6) is 11.5 Å². The van der Waals surface area contributed by atoms with E-state index in [9.17, 15) is 9.59 Å². The second-order valence-electron chi connectivity index (χ2n) is 5.08. The van der Waals surface area contributed by atoms with Crippen molar-refractivity contribution in [1.82, 2.24) is 0 Å². The van der Waals surface area contributed by atoms with Crippen LogP contribution in [-0.4, -0.2) is 25.3 Å². The maximum absolute atomic E-state index is 10.5. The Hall–Kier alpha value is -2.88. The molecule has 0 aliphatic heterocycles. The van der Waals surface area contributed by atoms with Crippen LogP contribution in [0.25, 0.3) is 0 Å². The minimum absolute atomic E-state index is 0.0738. The summed E-state index contributed by atoms with van der Waals surface area (Å²) in [6.07, 6.45) is 5.45. The van der Waals surface area contributed by atoms with Gasteiger partial charge >= 0.3 is 0 Å². The molecule has 0 unspecified atom stereocenters. The molecule has 0 saturated heterocycles. The molecule has 0 aromatic heterocycles. The quantitative estimate of drug-likeness (QED) is 0.389. The Morgan fingerprint density at radius 2 is 1.32 bits per heavy atom. The van der Waals surface area contributed by atoms with Crippen LogP contribution < -0.4 is 9.47 Å². The summed E-state index contributed by atoms with van der Waals surface area (Å²) in [7, 11) is 0. The lowest BCUT2D eigenvalue weighted by atomic mass is 10.3. The number of ketones is 1. The number of allylic oxidation sites excluding steroid dienone is 1. The third-order valence-electron chi connectivity index (χ3n) is 2.90. The topological polar surface area (TPSA) is 52.6 Å². The highest BCUT2D eigenvalue weighted by Gasteiger charge is 1.89. The molecule has 0 bridgehead atoms. The second-order valence-corrected chi connectivity index (χ2v) is 5.08. The van der Waals surface area contributed by atoms with Crippen LogP contribution in [0.2, 0.25) is 0 Å². The molecule has 25 heavy (non-hydrogen) atoms. The van der Waals surface area contributed by atoms with E-state index in [-0.39, 0.29) is 5.78 Å². The summed E-state index contributed by atoms with van der Waals surface area (Å²) in [5.74, 6) is 1.75. The van der Waals surface area contributed by atoms with Crippen molar-refractivity contribution in [2.75, 3.05) is 13.2 Å². The maximum atomic E-state index is 10.5. The van der Waals surface area contributed by atoms with Crippen molar-refractivity contribution in [2.45, 2.75) is 19.8 Å². The van der Waals surface area contributed by atoms with E-state index >= 15 is 0 Å². The van der Waals surface area contributed by atoms with E-state index in [1.165, 1.54) is 6.92 Å². The molecule has 0 heterocycles. The van der Waals surface area contributed by atoms with Gasteiger partial charge in [-0.15, -0.1) is 0 Å². The van der Waals surface area contributed by atoms with Gasteiger partial charge in [0.15, 0.2) is 5.78 Å². The van der Waals surface area contributed by atoms with Gasteiger partial charge in [-0.3, -0.25) is 4.79 Å². The van der Waals surface area contributed by atoms with Gasteiger partial charge in [0.05, 0.1) is 13.2 Å². The first kappa shape index (κ1) is 20.2. The molecule has 0 amide bonds. The fraction of sp³-hybridized carbons (Fsp3) is 0.238. The van der Waals surface area contributed by atoms with Crippen molar-refractivity contribution in [2.24, 2.45) is 0 Å². The second kappa shape index (κ2) is 13.5. The Morgan fingerprint density at radius 1 is 0.840 bits per heavy atom. The SMILES string of the molecule is CC(=O)/C=C/CCOc1ccccc1.O=CCCOc1ccccc1. The molecule has 0 saturated carbocycles. The van der Waals surface area contributed by atoms with Gasteiger partial charge in [-0.2, -0.15) is 0 Å². The number of ether oxygens (including phenoxy) is 2. The lowest BCUT2D eigenvalue weighted by Gasteiger charge is -2.02. The van der Waals surface area contributed by atoms with Crippen LogP contribution in [0.1, 0.15) is 19.8 Å². The van der Waals surface area contributed by atoms with Crippen molar-refractivity contribution < 1.29 is 19.1 Å². The first-order valence-corrected chi connectivity index (χ1v) is 8.19. The van der Waals surface area contributed by atoms with Crippen LogP contribution in [0.4, 0.5) is 0 Å². The lowest BCUT2D eigenvalue weighted by molar-refractivity contribution is -0.112. The average molecular weight is 340 g/mol. The van der Waals surface area contributed by atoms with Crippen LogP contribution in [0.3, 0.4) is 0 Å². The van der Waals surface area contributed by atoms with Crippen LogP contribution in [-0.2, 0) is 9.59 Å². The molecular formula is C21H24O4. The molecule has 4 nitrogen and oxygen atoms in total. The molecule has 0 aliphatic rings. The number of carbonyl (C=O) groups excluding carboxylic acids is 2. The van der Waals surface area contributed by atoms with E-state index in [0.717, 1.165) is 24.2 Å². The molecule has 2 rings (SSSR count). The lowest BCUT2D eigenvalue weighted by Crippen LogP contribution is -1.96. The van der Waals surface area contributed by atoms with Gasteiger partial charge in [0.2, 0.25) is 0 Å². The summed E-state index contributed by atoms with van der Waals surface area (Å²) in [5.41, 5.74) is 0. The van der Waals surface area contributed by atoms with Crippen molar-refractivity contribution in [3.05, 3.63) is 72.8 Å². The normalized spacial score (nSPS) is 9.80. The van der Waals surface area contributed by atoms with Gasteiger partial charge in [0, 0.05) is 6.42 Å². The zero-order valence-electron chi connectivity index (χ0n) is 14.5. The Bertz CT molecular complexity index is 621. The standard InChI is InChI=1S/C12H14O2.C9H10O2/c1-11(13)7-5-6-10-14-12-8-3-2-4-9-12;10-7-4-8-11-9-5-2-1-3-6-9/h2-5,7-9H,6,10H2,1H3;1-3,5-7H,4,8H2/b7-5+;. The van der Waals surface area contributed by atoms with E-state index in [2.05, 4.69) is 0 Å². The van der Waals surface area contributed by atoms with Gasteiger partial charge in [0.25, 0.3) is 0 Å². The molecule has 0 aliphatic carbocycles. The van der Waals surface area contributed by atoms with Crippen LogP contribution in [0.15, 0.2) is 72.8 Å². The number of hydrogen-bond acceptors (Lipinski definition) is 4. The Labute approximate surface area is 149 Å². The van der Waals surface area contributed by atoms with E-state index < -0.39 is 0 Å². The average Bonchev–Trinajstić information content (AvgIpc) is 2.64. The van der Waals surface area contributed by atoms with E-state index in [1.54, 1.807) is 6.08 Å². The first-order chi connectivity index (χ1) is 12.2. The zero-order chi connectivity index (χ0) is 18.2. The number of para-hydroxylation sites is 2. The summed E-state index contributed by atoms with van der Waals surface area (Å²) in [4.78, 5) is 20.5. The molecule has 0 N–H and O–H groups in total. The smallest absolute Gasteiger partial charge is 0.152 e. The fourth-order valence-electron chi connectivity index (χ4n) is 1.75. The predicted octanol–water partition coefficient (Wildman–Crippen LogP) is 4.26. The highest BCUT2D eigenvalue weighted by molar-refractivity contribution is 5.87. The summed E-state index contributed by atoms with van der Waals surface area (Å²) < 4.78 is 10.6. The largest absolute Gasteiger partial charge is 0.493 e. The minimum atomic E-state index is 0.0738. The number of carbonyl (C=O) groups is 2. The van der Waals surface area contributed by atoms with Gasteiger partial charge in [-0.1, -0.05) is 42.5 Å². The third-order valence-corrected chi connectivity index (χ3v) is 2.90. The summed E-state index contributed by atoms with van der Waals surface area (Å²) in [6, 6.07) is 19.1. The Morgan fingerprint density at radius 3 is 1.76 bits per heavy atom. The summed E-state index contributed by atoms with van der Waals surface area (Å²) in [5, 5.41) is 0. The fourth-order valence-corrected chi connectivity index (χ4v) is 1.75. The zero-order valence-corrected chi connectivity index (χ0v) is 14.5. The molecule has 0 spiro atoms. The molecule has 0 radical (unpaired) electrons. The molecule has 2 aromatic rings. The maximum Gasteiger partial charge on any atom is 0.152 e. The Kier molecular flexibility index (Phi) is 10.9. The van der Waals surface area contributed by atoms with E-state index in [1.807, 2.05) is 66.7 Å². The van der Waals surface area contributed by atoms with Crippen molar-refractivity contribution in [1.29, 1.82) is 0 Å². The highest BCUT2D eigenvalue weighted by atomic mass is 16.5. The molecule has 132 valence electrons. The number of hydrogen-bond donors (Lipinski definition) is 0.